The number of aromatic nitrogens is 4. The Morgan fingerprint density at radius 2 is 1.84 bits per heavy atom. The highest BCUT2D eigenvalue weighted by atomic mass is 32.2. The summed E-state index contributed by atoms with van der Waals surface area (Å²) in [4.78, 5) is 19.6. The van der Waals surface area contributed by atoms with Crippen molar-refractivity contribution in [3.8, 4) is 16.9 Å². The van der Waals surface area contributed by atoms with Crippen LogP contribution in [0, 0.1) is 6.92 Å². The highest BCUT2D eigenvalue weighted by Crippen LogP contribution is 2.32. The van der Waals surface area contributed by atoms with Crippen LogP contribution in [0.15, 0.2) is 71.8 Å². The van der Waals surface area contributed by atoms with Gasteiger partial charge in [-0.25, -0.2) is 22.9 Å². The molecule has 4 rings (SSSR count). The van der Waals surface area contributed by atoms with Crippen LogP contribution in [0.5, 0.6) is 0 Å². The molecule has 0 amide bonds. The molecule has 196 valence electrons. The average molecular weight is 544 g/mol. The summed E-state index contributed by atoms with van der Waals surface area (Å²) in [5.74, 6) is -1.13. The number of carbonyl (C=O) groups is 1. The fraction of sp³-hybridized carbons (Fsp3) is 0.120. The molecule has 0 aliphatic heterocycles. The number of nitrogens with zero attached hydrogens (tertiary/aromatic N) is 4. The minimum atomic E-state index is -4.68. The third-order valence-electron chi connectivity index (χ3n) is 5.28. The second-order valence-electron chi connectivity index (χ2n) is 8.23. The molecule has 0 spiro atoms. The monoisotopic (exact) mass is 543 g/mol. The van der Waals surface area contributed by atoms with Gasteiger partial charge in [-0.15, -0.1) is 0 Å². The Kier molecular flexibility index (Phi) is 7.05. The van der Waals surface area contributed by atoms with Gasteiger partial charge in [-0.1, -0.05) is 24.3 Å². The lowest BCUT2D eigenvalue weighted by Crippen LogP contribution is -2.10. The first kappa shape index (κ1) is 26.5. The topological polar surface area (TPSA) is 127 Å². The first-order valence-electron chi connectivity index (χ1n) is 10.9. The van der Waals surface area contributed by atoms with Gasteiger partial charge in [-0.2, -0.15) is 23.3 Å². The van der Waals surface area contributed by atoms with Crippen molar-refractivity contribution in [2.45, 2.75) is 18.0 Å². The van der Waals surface area contributed by atoms with E-state index in [9.17, 15) is 26.4 Å². The molecule has 0 saturated carbocycles. The van der Waals surface area contributed by atoms with Gasteiger partial charge in [0.1, 0.15) is 0 Å². The molecule has 38 heavy (non-hydrogen) atoms. The highest BCUT2D eigenvalue weighted by molar-refractivity contribution is 7.90. The normalized spacial score (nSPS) is 12.1. The first-order chi connectivity index (χ1) is 17.8. The summed E-state index contributed by atoms with van der Waals surface area (Å²) in [6.45, 7) is 1.45. The van der Waals surface area contributed by atoms with E-state index in [0.717, 1.165) is 23.1 Å². The summed E-state index contributed by atoms with van der Waals surface area (Å²) in [5.41, 5.74) is 0.759. The van der Waals surface area contributed by atoms with Crippen LogP contribution in [0.4, 0.5) is 24.8 Å². The maximum Gasteiger partial charge on any atom is 0.435 e. The molecule has 4 aromatic rings. The zero-order valence-corrected chi connectivity index (χ0v) is 20.7. The fourth-order valence-corrected chi connectivity index (χ4v) is 4.20. The van der Waals surface area contributed by atoms with E-state index in [4.69, 9.17) is 5.11 Å². The summed E-state index contributed by atoms with van der Waals surface area (Å²) in [5, 5.41) is 15.5. The van der Waals surface area contributed by atoms with Gasteiger partial charge >= 0.3 is 12.1 Å². The smallest absolute Gasteiger partial charge is 0.435 e. The summed E-state index contributed by atoms with van der Waals surface area (Å²) < 4.78 is 65.1. The summed E-state index contributed by atoms with van der Waals surface area (Å²) in [6.07, 6.45) is 0.102. The number of anilines is 2. The molecular weight excluding hydrogens is 523 g/mol. The van der Waals surface area contributed by atoms with E-state index in [2.05, 4.69) is 20.4 Å². The lowest BCUT2D eigenvalue weighted by Gasteiger charge is -2.14. The van der Waals surface area contributed by atoms with Crippen molar-refractivity contribution in [1.29, 1.82) is 0 Å². The van der Waals surface area contributed by atoms with Crippen LogP contribution in [0.2, 0.25) is 0 Å². The number of rotatable bonds is 7. The number of carboxylic acids is 1. The molecule has 0 radical (unpaired) electrons. The van der Waals surface area contributed by atoms with Crippen molar-refractivity contribution in [2.24, 2.45) is 0 Å². The Hall–Kier alpha value is -4.52. The van der Waals surface area contributed by atoms with Gasteiger partial charge < -0.3 is 10.4 Å². The van der Waals surface area contributed by atoms with E-state index in [1.54, 1.807) is 30.3 Å². The third-order valence-corrected chi connectivity index (χ3v) is 6.39. The number of aliphatic carboxylic acids is 1. The van der Waals surface area contributed by atoms with Crippen molar-refractivity contribution in [1.82, 2.24) is 19.7 Å². The van der Waals surface area contributed by atoms with Crippen molar-refractivity contribution in [3.63, 3.8) is 0 Å². The molecule has 0 fully saturated rings. The minimum Gasteiger partial charge on any atom is -0.478 e. The summed E-state index contributed by atoms with van der Waals surface area (Å²) >= 11 is 0. The quantitative estimate of drug-likeness (QED) is 0.315. The van der Waals surface area contributed by atoms with Crippen LogP contribution in [-0.2, 0) is 20.8 Å². The van der Waals surface area contributed by atoms with Crippen LogP contribution in [0.3, 0.4) is 0 Å². The molecule has 2 aromatic heterocycles. The lowest BCUT2D eigenvalue weighted by atomic mass is 10.0. The third kappa shape index (κ3) is 6.06. The van der Waals surface area contributed by atoms with E-state index in [0.29, 0.717) is 22.4 Å². The van der Waals surface area contributed by atoms with Gasteiger partial charge in [0.05, 0.1) is 4.90 Å². The van der Waals surface area contributed by atoms with Crippen LogP contribution in [0.25, 0.3) is 23.0 Å². The first-order valence-corrected chi connectivity index (χ1v) is 12.8. The molecule has 0 bridgehead atoms. The molecule has 2 N–H and O–H groups in total. The molecule has 0 aliphatic carbocycles. The maximum atomic E-state index is 13.4. The van der Waals surface area contributed by atoms with E-state index in [1.165, 1.54) is 37.4 Å². The van der Waals surface area contributed by atoms with Crippen LogP contribution in [-0.4, -0.2) is 45.5 Å². The second-order valence-corrected chi connectivity index (χ2v) is 10.2. The molecule has 9 nitrogen and oxygen atoms in total. The zero-order valence-electron chi connectivity index (χ0n) is 19.9. The largest absolute Gasteiger partial charge is 0.478 e. The van der Waals surface area contributed by atoms with E-state index < -0.39 is 27.7 Å². The minimum absolute atomic E-state index is 0.0141. The number of sulfone groups is 1. The molecular formula is C25H20F3N5O4S. The predicted octanol–water partition coefficient (Wildman–Crippen LogP) is 4.90. The summed E-state index contributed by atoms with van der Waals surface area (Å²) in [7, 11) is -3.49. The van der Waals surface area contributed by atoms with Gasteiger partial charge in [0.2, 0.25) is 5.95 Å². The number of aryl methyl sites for hydroxylation is 1. The van der Waals surface area contributed by atoms with Gasteiger partial charge in [-0.05, 0) is 54.5 Å². The highest BCUT2D eigenvalue weighted by Gasteiger charge is 2.35. The molecule has 0 aliphatic rings. The van der Waals surface area contributed by atoms with E-state index in [-0.39, 0.29) is 22.4 Å². The lowest BCUT2D eigenvalue weighted by molar-refractivity contribution is -0.141. The molecule has 0 saturated heterocycles. The molecule has 2 aromatic carbocycles. The van der Waals surface area contributed by atoms with Gasteiger partial charge in [0.25, 0.3) is 0 Å². The van der Waals surface area contributed by atoms with Crippen molar-refractivity contribution in [3.05, 3.63) is 83.8 Å². The maximum absolute atomic E-state index is 13.4. The van der Waals surface area contributed by atoms with E-state index in [1.807, 2.05) is 0 Å². The number of hydrogen-bond donors (Lipinski definition) is 2. The Labute approximate surface area is 215 Å². The fourth-order valence-electron chi connectivity index (χ4n) is 3.54. The van der Waals surface area contributed by atoms with Gasteiger partial charge in [0, 0.05) is 35.5 Å². The Morgan fingerprint density at radius 1 is 1.11 bits per heavy atom. The number of carboxylic acid groups (broad SMARTS) is 1. The Morgan fingerprint density at radius 3 is 2.50 bits per heavy atom. The van der Waals surface area contributed by atoms with E-state index >= 15 is 0 Å². The SMILES string of the molecule is Cc1cc(C(F)(F)F)nn1-c1nc(Nc2cccc(S(C)(=O)=O)c2)ncc1-c1cccc(/C=C/C(=O)O)c1. The predicted molar refractivity (Wildman–Crippen MR) is 134 cm³/mol. The standard InChI is InChI=1S/C25H20F3N5O4S/c1-15-11-21(25(26,27)28)32-33(15)23-20(17-6-3-5-16(12-17)9-10-22(34)35)14-29-24(31-23)30-18-7-4-8-19(13-18)38(2,36)37/h3-14H,1-2H3,(H,34,35)(H,29,30,31)/b10-9+. The van der Waals surface area contributed by atoms with Crippen molar-refractivity contribution < 1.29 is 31.5 Å². The van der Waals surface area contributed by atoms with Crippen molar-refractivity contribution in [2.75, 3.05) is 11.6 Å². The average Bonchev–Trinajstić information content (AvgIpc) is 3.24. The van der Waals surface area contributed by atoms with Crippen LogP contribution in [0.1, 0.15) is 17.0 Å². The summed E-state index contributed by atoms with van der Waals surface area (Å²) in [6, 6.07) is 13.4. The Bertz CT molecular complexity index is 1660. The number of halogens is 3. The number of nitrogens with one attached hydrogen (secondary N) is 1. The van der Waals surface area contributed by atoms with Gasteiger partial charge in [0.15, 0.2) is 21.3 Å². The Balaban J connectivity index is 1.85. The number of alkyl halides is 3. The van der Waals surface area contributed by atoms with Crippen LogP contribution >= 0.6 is 0 Å². The second kappa shape index (κ2) is 10.1. The molecule has 0 unspecified atom stereocenters. The molecule has 13 heteroatoms. The van der Waals surface area contributed by atoms with Gasteiger partial charge in [-0.3, -0.25) is 0 Å². The van der Waals surface area contributed by atoms with Crippen LogP contribution < -0.4 is 5.32 Å². The van der Waals surface area contributed by atoms with Crippen molar-refractivity contribution >= 4 is 33.5 Å². The molecule has 2 heterocycles. The number of benzene rings is 2. The number of hydrogen-bond acceptors (Lipinski definition) is 7. The zero-order chi connectivity index (χ0) is 27.7. The molecule has 0 atom stereocenters.